The molecule has 0 aromatic carbocycles. The van der Waals surface area contributed by atoms with Crippen LogP contribution in [0.2, 0.25) is 0 Å². The number of aromatic amines is 1. The van der Waals surface area contributed by atoms with Crippen LogP contribution in [0.15, 0.2) is 11.1 Å². The van der Waals surface area contributed by atoms with E-state index in [1.54, 1.807) is 6.92 Å². The molecule has 1 aromatic rings. The molecule has 3 N–H and O–H groups in total. The highest BCUT2D eigenvalue weighted by molar-refractivity contribution is 7.92. The maximum Gasteiger partial charge on any atom is 0.186 e. The van der Waals surface area contributed by atoms with Crippen LogP contribution in [0.25, 0.3) is 0 Å². The summed E-state index contributed by atoms with van der Waals surface area (Å²) in [6.07, 6.45) is 1.25. The van der Waals surface area contributed by atoms with Crippen molar-refractivity contribution in [3.63, 3.8) is 0 Å². The number of aromatic nitrogens is 2. The Labute approximate surface area is 83.6 Å². The molecule has 14 heavy (non-hydrogen) atoms. The molecule has 0 fully saturated rings. The highest BCUT2D eigenvalue weighted by Gasteiger charge is 2.28. The Morgan fingerprint density at radius 1 is 1.43 bits per heavy atom. The van der Waals surface area contributed by atoms with Gasteiger partial charge in [-0.15, -0.1) is 0 Å². The predicted molar refractivity (Wildman–Crippen MR) is 54.5 cm³/mol. The average molecular weight is 217 g/mol. The van der Waals surface area contributed by atoms with Crippen molar-refractivity contribution in [2.45, 2.75) is 30.9 Å². The normalized spacial score (nSPS) is 14.6. The fraction of sp³-hybridized carbons (Fsp3) is 0.625. The van der Waals surface area contributed by atoms with E-state index in [0.29, 0.717) is 0 Å². The summed E-state index contributed by atoms with van der Waals surface area (Å²) >= 11 is 0. The Hall–Kier alpha value is -1.04. The van der Waals surface area contributed by atoms with Gasteiger partial charge in [-0.1, -0.05) is 13.8 Å². The molecule has 0 saturated carbocycles. The lowest BCUT2D eigenvalue weighted by atomic mass is 10.2. The third kappa shape index (κ3) is 1.75. The molecule has 1 rings (SSSR count). The van der Waals surface area contributed by atoms with Gasteiger partial charge in [0.15, 0.2) is 9.84 Å². The fourth-order valence-electron chi connectivity index (χ4n) is 1.07. The number of H-pyrrole nitrogens is 1. The van der Waals surface area contributed by atoms with Crippen molar-refractivity contribution >= 4 is 15.7 Å². The van der Waals surface area contributed by atoms with Gasteiger partial charge in [0.2, 0.25) is 0 Å². The molecule has 1 atom stereocenters. The van der Waals surface area contributed by atoms with Crippen LogP contribution in [-0.2, 0) is 9.84 Å². The highest BCUT2D eigenvalue weighted by Crippen LogP contribution is 2.23. The average Bonchev–Trinajstić information content (AvgIpc) is 2.50. The first-order valence-corrected chi connectivity index (χ1v) is 5.94. The summed E-state index contributed by atoms with van der Waals surface area (Å²) in [6.45, 7) is 5.39. The molecule has 80 valence electrons. The topological polar surface area (TPSA) is 88.8 Å². The molecule has 0 aliphatic carbocycles. The third-order valence-corrected chi connectivity index (χ3v) is 4.83. The van der Waals surface area contributed by atoms with Gasteiger partial charge in [0.1, 0.15) is 10.7 Å². The lowest BCUT2D eigenvalue weighted by molar-refractivity contribution is 0.546. The van der Waals surface area contributed by atoms with Crippen LogP contribution in [0.3, 0.4) is 0 Å². The van der Waals surface area contributed by atoms with Crippen molar-refractivity contribution in [3.05, 3.63) is 6.20 Å². The van der Waals surface area contributed by atoms with Crippen molar-refractivity contribution in [3.8, 4) is 0 Å². The summed E-state index contributed by atoms with van der Waals surface area (Å²) in [7, 11) is -3.34. The Bertz CT molecular complexity index is 408. The molecule has 0 radical (unpaired) electrons. The number of nitrogen functional groups attached to an aromatic ring is 1. The van der Waals surface area contributed by atoms with Crippen LogP contribution in [0.1, 0.15) is 20.8 Å². The van der Waals surface area contributed by atoms with E-state index in [1.165, 1.54) is 6.20 Å². The van der Waals surface area contributed by atoms with Crippen LogP contribution in [0.5, 0.6) is 0 Å². The minimum Gasteiger partial charge on any atom is -0.383 e. The summed E-state index contributed by atoms with van der Waals surface area (Å²) in [6, 6.07) is 0. The smallest absolute Gasteiger partial charge is 0.186 e. The zero-order valence-electron chi connectivity index (χ0n) is 8.48. The standard InChI is InChI=1S/C8H15N3O2S/c1-5(2)6(3)14(12,13)7-4-10-11-8(7)9/h4-6H,1-3H3,(H3,9,10,11). The number of anilines is 1. The van der Waals surface area contributed by atoms with Crippen molar-refractivity contribution in [2.75, 3.05) is 5.73 Å². The molecule has 0 saturated heterocycles. The maximum atomic E-state index is 11.9. The van der Waals surface area contributed by atoms with Gasteiger partial charge in [-0.3, -0.25) is 5.10 Å². The lowest BCUT2D eigenvalue weighted by Crippen LogP contribution is -2.23. The first kappa shape index (κ1) is 11.0. The second kappa shape index (κ2) is 3.61. The largest absolute Gasteiger partial charge is 0.383 e. The van der Waals surface area contributed by atoms with Gasteiger partial charge in [-0.2, -0.15) is 5.10 Å². The number of nitrogens with two attached hydrogens (primary N) is 1. The number of hydrogen-bond donors (Lipinski definition) is 2. The van der Waals surface area contributed by atoms with Crippen molar-refractivity contribution in [1.29, 1.82) is 0 Å². The molecule has 0 bridgehead atoms. The first-order valence-electron chi connectivity index (χ1n) is 4.40. The quantitative estimate of drug-likeness (QED) is 0.784. The molecular formula is C8H15N3O2S. The van der Waals surface area contributed by atoms with Gasteiger partial charge >= 0.3 is 0 Å². The van der Waals surface area contributed by atoms with Crippen molar-refractivity contribution < 1.29 is 8.42 Å². The van der Waals surface area contributed by atoms with E-state index in [9.17, 15) is 8.42 Å². The first-order chi connectivity index (χ1) is 6.37. The number of nitrogens with zero attached hydrogens (tertiary/aromatic N) is 1. The van der Waals surface area contributed by atoms with Gasteiger partial charge in [0, 0.05) is 0 Å². The van der Waals surface area contributed by atoms with E-state index >= 15 is 0 Å². The van der Waals surface area contributed by atoms with Crippen LogP contribution >= 0.6 is 0 Å². The molecular weight excluding hydrogens is 202 g/mol. The van der Waals surface area contributed by atoms with Crippen LogP contribution in [0, 0.1) is 5.92 Å². The molecule has 0 aliphatic rings. The van der Waals surface area contributed by atoms with E-state index < -0.39 is 15.1 Å². The zero-order chi connectivity index (χ0) is 10.9. The summed E-state index contributed by atoms with van der Waals surface area (Å²) in [4.78, 5) is 0.0960. The van der Waals surface area contributed by atoms with Crippen molar-refractivity contribution in [1.82, 2.24) is 10.2 Å². The van der Waals surface area contributed by atoms with E-state index in [2.05, 4.69) is 10.2 Å². The Balaban J connectivity index is 3.16. The Morgan fingerprint density at radius 3 is 2.36 bits per heavy atom. The van der Waals surface area contributed by atoms with E-state index in [4.69, 9.17) is 5.73 Å². The summed E-state index contributed by atoms with van der Waals surface area (Å²) in [5.74, 6) is 0.159. The summed E-state index contributed by atoms with van der Waals surface area (Å²) in [5.41, 5.74) is 5.47. The Morgan fingerprint density at radius 2 is 2.00 bits per heavy atom. The van der Waals surface area contributed by atoms with Crippen LogP contribution in [0.4, 0.5) is 5.82 Å². The molecule has 5 nitrogen and oxygen atoms in total. The summed E-state index contributed by atoms with van der Waals surface area (Å²) in [5, 5.41) is 5.56. The molecule has 1 heterocycles. The Kier molecular flexibility index (Phi) is 2.84. The monoisotopic (exact) mass is 217 g/mol. The van der Waals surface area contributed by atoms with Gasteiger partial charge < -0.3 is 5.73 Å². The van der Waals surface area contributed by atoms with Gasteiger partial charge in [-0.25, -0.2) is 8.42 Å². The zero-order valence-corrected chi connectivity index (χ0v) is 9.30. The fourth-order valence-corrected chi connectivity index (χ4v) is 2.74. The number of nitrogens with one attached hydrogen (secondary N) is 1. The summed E-state index contributed by atoms with van der Waals surface area (Å²) < 4.78 is 23.8. The molecule has 0 aliphatic heterocycles. The number of rotatable bonds is 3. The molecule has 1 aromatic heterocycles. The molecule has 6 heteroatoms. The van der Waals surface area contributed by atoms with E-state index in [1.807, 2.05) is 13.8 Å². The second-order valence-corrected chi connectivity index (χ2v) is 5.92. The number of sulfone groups is 1. The van der Waals surface area contributed by atoms with Crippen molar-refractivity contribution in [2.24, 2.45) is 5.92 Å². The highest BCUT2D eigenvalue weighted by atomic mass is 32.2. The number of hydrogen-bond acceptors (Lipinski definition) is 4. The van der Waals surface area contributed by atoms with Gasteiger partial charge in [0.25, 0.3) is 0 Å². The molecule has 0 amide bonds. The minimum absolute atomic E-state index is 0.0503. The minimum atomic E-state index is -3.34. The maximum absolute atomic E-state index is 11.9. The third-order valence-electron chi connectivity index (χ3n) is 2.37. The molecule has 1 unspecified atom stereocenters. The van der Waals surface area contributed by atoms with E-state index in [0.717, 1.165) is 0 Å². The van der Waals surface area contributed by atoms with E-state index in [-0.39, 0.29) is 16.6 Å². The lowest BCUT2D eigenvalue weighted by Gasteiger charge is -2.15. The van der Waals surface area contributed by atoms with Crippen LogP contribution in [-0.4, -0.2) is 23.9 Å². The van der Waals surface area contributed by atoms with Gasteiger partial charge in [0.05, 0.1) is 11.4 Å². The predicted octanol–water partition coefficient (Wildman–Crippen LogP) is 0.810. The SMILES string of the molecule is CC(C)C(C)S(=O)(=O)c1cn[nH]c1N. The molecule has 0 spiro atoms. The van der Waals surface area contributed by atoms with Crippen LogP contribution < -0.4 is 5.73 Å². The van der Waals surface area contributed by atoms with Gasteiger partial charge in [-0.05, 0) is 12.8 Å². The second-order valence-electron chi connectivity index (χ2n) is 3.64.